The largest absolute Gasteiger partial charge is 0.379 e. The van der Waals surface area contributed by atoms with Gasteiger partial charge in [0.05, 0.1) is 16.0 Å². The number of rotatable bonds is 6. The zero-order chi connectivity index (χ0) is 17.1. The fraction of sp³-hybridized carbons (Fsp3) is 0.176. The molecule has 24 heavy (non-hydrogen) atoms. The number of benzene rings is 2. The standard InChI is InChI=1S/C17H16N4O3/c1-11(22)12-6-7-15(16(10-12)21(23)24)18-9-8-17-19-13-4-2-3-5-14(13)20-17/h2-7,10,18H,8-9H2,1H3,(H,19,20). The summed E-state index contributed by atoms with van der Waals surface area (Å²) in [4.78, 5) is 29.7. The van der Waals surface area contributed by atoms with Gasteiger partial charge in [0, 0.05) is 24.6 Å². The third-order valence-electron chi connectivity index (χ3n) is 3.72. The van der Waals surface area contributed by atoms with Crippen molar-refractivity contribution >= 4 is 28.2 Å². The maximum absolute atomic E-state index is 11.4. The van der Waals surface area contributed by atoms with Crippen LogP contribution in [0.2, 0.25) is 0 Å². The summed E-state index contributed by atoms with van der Waals surface area (Å²) in [7, 11) is 0. The monoisotopic (exact) mass is 324 g/mol. The van der Waals surface area contributed by atoms with E-state index in [9.17, 15) is 14.9 Å². The number of para-hydroxylation sites is 2. The van der Waals surface area contributed by atoms with Crippen molar-refractivity contribution in [2.75, 3.05) is 11.9 Å². The predicted molar refractivity (Wildman–Crippen MR) is 91.4 cm³/mol. The molecule has 3 rings (SSSR count). The number of nitro groups is 1. The quantitative estimate of drug-likeness (QED) is 0.411. The number of imidazole rings is 1. The first-order valence-corrected chi connectivity index (χ1v) is 7.51. The number of Topliss-reactive ketones (excluding diaryl/α,β-unsaturated/α-hetero) is 1. The molecule has 7 nitrogen and oxygen atoms in total. The number of carbonyl (C=O) groups is 1. The summed E-state index contributed by atoms with van der Waals surface area (Å²) in [6.45, 7) is 1.87. The van der Waals surface area contributed by atoms with Gasteiger partial charge in [0.2, 0.25) is 0 Å². The van der Waals surface area contributed by atoms with Crippen molar-refractivity contribution in [2.45, 2.75) is 13.3 Å². The Balaban J connectivity index is 1.72. The second-order valence-corrected chi connectivity index (χ2v) is 5.42. The first-order chi connectivity index (χ1) is 11.5. The topological polar surface area (TPSA) is 101 Å². The minimum absolute atomic E-state index is 0.104. The lowest BCUT2D eigenvalue weighted by atomic mass is 10.1. The lowest BCUT2D eigenvalue weighted by Gasteiger charge is -2.07. The first-order valence-electron chi connectivity index (χ1n) is 7.51. The number of carbonyl (C=O) groups excluding carboxylic acids is 1. The number of hydrogen-bond donors (Lipinski definition) is 2. The van der Waals surface area contributed by atoms with Crippen LogP contribution < -0.4 is 5.32 Å². The molecule has 0 atom stereocenters. The molecule has 0 aliphatic rings. The third-order valence-corrected chi connectivity index (χ3v) is 3.72. The molecule has 0 unspecified atom stereocenters. The Morgan fingerprint density at radius 1 is 1.29 bits per heavy atom. The summed E-state index contributed by atoms with van der Waals surface area (Å²) in [6.07, 6.45) is 0.598. The summed E-state index contributed by atoms with van der Waals surface area (Å²) in [5.74, 6) is 0.610. The average Bonchev–Trinajstić information content (AvgIpc) is 2.97. The molecular formula is C17H16N4O3. The molecule has 0 saturated carbocycles. The van der Waals surface area contributed by atoms with Gasteiger partial charge in [-0.15, -0.1) is 0 Å². The summed E-state index contributed by atoms with van der Waals surface area (Å²) < 4.78 is 0. The van der Waals surface area contributed by atoms with Crippen molar-refractivity contribution in [1.29, 1.82) is 0 Å². The minimum Gasteiger partial charge on any atom is -0.379 e. The molecule has 0 amide bonds. The van der Waals surface area contributed by atoms with Crippen molar-refractivity contribution in [3.8, 4) is 0 Å². The van der Waals surface area contributed by atoms with Gasteiger partial charge >= 0.3 is 0 Å². The number of fused-ring (bicyclic) bond motifs is 1. The van der Waals surface area contributed by atoms with Gasteiger partial charge in [-0.05, 0) is 31.2 Å². The van der Waals surface area contributed by atoms with Gasteiger partial charge < -0.3 is 10.3 Å². The Hall–Kier alpha value is -3.22. The van der Waals surface area contributed by atoms with Crippen LogP contribution in [0.5, 0.6) is 0 Å². The smallest absolute Gasteiger partial charge is 0.293 e. The van der Waals surface area contributed by atoms with Crippen LogP contribution in [0.1, 0.15) is 23.1 Å². The highest BCUT2D eigenvalue weighted by atomic mass is 16.6. The van der Waals surface area contributed by atoms with Gasteiger partial charge in [-0.2, -0.15) is 0 Å². The molecule has 0 bridgehead atoms. The van der Waals surface area contributed by atoms with E-state index in [2.05, 4.69) is 15.3 Å². The molecule has 0 fully saturated rings. The van der Waals surface area contributed by atoms with E-state index in [4.69, 9.17) is 0 Å². The highest BCUT2D eigenvalue weighted by Gasteiger charge is 2.16. The number of hydrogen-bond acceptors (Lipinski definition) is 5. The van der Waals surface area contributed by atoms with Gasteiger partial charge in [0.1, 0.15) is 11.5 Å². The summed E-state index contributed by atoms with van der Waals surface area (Å²) in [6, 6.07) is 12.2. The normalized spacial score (nSPS) is 10.7. The highest BCUT2D eigenvalue weighted by Crippen LogP contribution is 2.25. The van der Waals surface area contributed by atoms with E-state index in [1.807, 2.05) is 24.3 Å². The highest BCUT2D eigenvalue weighted by molar-refractivity contribution is 5.95. The number of H-pyrrole nitrogens is 1. The van der Waals surface area contributed by atoms with Crippen molar-refractivity contribution in [2.24, 2.45) is 0 Å². The lowest BCUT2D eigenvalue weighted by Crippen LogP contribution is -2.08. The van der Waals surface area contributed by atoms with Crippen molar-refractivity contribution in [3.63, 3.8) is 0 Å². The van der Waals surface area contributed by atoms with Crippen LogP contribution in [0.4, 0.5) is 11.4 Å². The van der Waals surface area contributed by atoms with Gasteiger partial charge in [-0.25, -0.2) is 4.98 Å². The van der Waals surface area contributed by atoms with Gasteiger partial charge in [0.25, 0.3) is 5.69 Å². The van der Waals surface area contributed by atoms with E-state index in [1.54, 1.807) is 12.1 Å². The lowest BCUT2D eigenvalue weighted by molar-refractivity contribution is -0.384. The molecule has 0 aliphatic carbocycles. The molecule has 0 saturated heterocycles. The predicted octanol–water partition coefficient (Wildman–Crippen LogP) is 3.33. The van der Waals surface area contributed by atoms with E-state index in [0.29, 0.717) is 24.2 Å². The van der Waals surface area contributed by atoms with Crippen LogP contribution >= 0.6 is 0 Å². The molecule has 0 aliphatic heterocycles. The Labute approximate surface area is 137 Å². The SMILES string of the molecule is CC(=O)c1ccc(NCCc2nc3ccccc3[nH]2)c([N+](=O)[O-])c1. The Bertz CT molecular complexity index is 884. The average molecular weight is 324 g/mol. The van der Waals surface area contributed by atoms with Crippen LogP contribution in [0, 0.1) is 10.1 Å². The molecule has 0 radical (unpaired) electrons. The fourth-order valence-electron chi connectivity index (χ4n) is 2.49. The number of nitrogens with zero attached hydrogens (tertiary/aromatic N) is 2. The maximum atomic E-state index is 11.4. The second-order valence-electron chi connectivity index (χ2n) is 5.42. The van der Waals surface area contributed by atoms with Crippen LogP contribution in [0.3, 0.4) is 0 Å². The number of ketones is 1. The maximum Gasteiger partial charge on any atom is 0.293 e. The summed E-state index contributed by atoms with van der Waals surface area (Å²) in [5, 5.41) is 14.2. The second kappa shape index (κ2) is 6.49. The Kier molecular flexibility index (Phi) is 4.24. The van der Waals surface area contributed by atoms with Crippen molar-refractivity contribution < 1.29 is 9.72 Å². The molecule has 7 heteroatoms. The van der Waals surface area contributed by atoms with Crippen LogP contribution in [-0.4, -0.2) is 27.2 Å². The summed E-state index contributed by atoms with van der Waals surface area (Å²) in [5.41, 5.74) is 2.46. The van der Waals surface area contributed by atoms with Crippen molar-refractivity contribution in [1.82, 2.24) is 9.97 Å². The summed E-state index contributed by atoms with van der Waals surface area (Å²) >= 11 is 0. The Morgan fingerprint density at radius 3 is 2.79 bits per heavy atom. The molecule has 2 N–H and O–H groups in total. The molecule has 3 aromatic rings. The van der Waals surface area contributed by atoms with E-state index >= 15 is 0 Å². The molecular weight excluding hydrogens is 308 g/mol. The van der Waals surface area contributed by atoms with Crippen LogP contribution in [0.15, 0.2) is 42.5 Å². The fourth-order valence-corrected chi connectivity index (χ4v) is 2.49. The zero-order valence-corrected chi connectivity index (χ0v) is 13.1. The van der Waals surface area contributed by atoms with E-state index in [0.717, 1.165) is 16.9 Å². The molecule has 0 spiro atoms. The number of nitro benzene ring substituents is 1. The molecule has 1 heterocycles. The zero-order valence-electron chi connectivity index (χ0n) is 13.1. The number of aromatic amines is 1. The third kappa shape index (κ3) is 3.24. The van der Waals surface area contributed by atoms with Crippen LogP contribution in [-0.2, 0) is 6.42 Å². The van der Waals surface area contributed by atoms with E-state index in [-0.39, 0.29) is 11.5 Å². The van der Waals surface area contributed by atoms with E-state index < -0.39 is 4.92 Å². The molecule has 2 aromatic carbocycles. The van der Waals surface area contributed by atoms with E-state index in [1.165, 1.54) is 13.0 Å². The number of anilines is 1. The molecule has 122 valence electrons. The van der Waals surface area contributed by atoms with Gasteiger partial charge in [0.15, 0.2) is 5.78 Å². The van der Waals surface area contributed by atoms with Crippen molar-refractivity contribution in [3.05, 3.63) is 64.0 Å². The molecule has 1 aromatic heterocycles. The first kappa shape index (κ1) is 15.7. The number of nitrogens with one attached hydrogen (secondary N) is 2. The van der Waals surface area contributed by atoms with Gasteiger partial charge in [-0.3, -0.25) is 14.9 Å². The van der Waals surface area contributed by atoms with Gasteiger partial charge in [-0.1, -0.05) is 12.1 Å². The number of aromatic nitrogens is 2. The Morgan fingerprint density at radius 2 is 2.08 bits per heavy atom. The minimum atomic E-state index is -0.490. The van der Waals surface area contributed by atoms with Crippen LogP contribution in [0.25, 0.3) is 11.0 Å².